The van der Waals surface area contributed by atoms with Crippen LogP contribution in [0.25, 0.3) is 0 Å². The Morgan fingerprint density at radius 1 is 0.962 bits per heavy atom. The molecule has 2 rings (SSSR count). The normalized spacial score (nSPS) is 17.9. The molecule has 0 bridgehead atoms. The lowest BCUT2D eigenvalue weighted by atomic mass is 9.90. The smallest absolute Gasteiger partial charge is 0.249 e. The van der Waals surface area contributed by atoms with Crippen molar-refractivity contribution in [1.29, 1.82) is 0 Å². The molecule has 0 aliphatic carbocycles. The van der Waals surface area contributed by atoms with E-state index in [1.807, 2.05) is 71.0 Å². The lowest BCUT2D eigenvalue weighted by Gasteiger charge is -2.39. The minimum atomic E-state index is -0.652. The number of ether oxygens (including phenoxy) is 2. The fraction of sp³-hybridized carbons (Fsp3) is 0.703. The molecule has 0 aromatic heterocycles. The Kier molecular flexibility index (Phi) is 19.1. The van der Waals surface area contributed by atoms with E-state index >= 15 is 0 Å². The van der Waals surface area contributed by atoms with Crippen molar-refractivity contribution in [3.63, 3.8) is 0 Å². The molecule has 7 atom stereocenters. The van der Waals surface area contributed by atoms with E-state index in [4.69, 9.17) is 15.2 Å². The van der Waals surface area contributed by atoms with Crippen molar-refractivity contribution in [1.82, 2.24) is 30.1 Å². The number of benzene rings is 1. The van der Waals surface area contributed by atoms with Gasteiger partial charge in [-0.3, -0.25) is 33.6 Å². The quantitative estimate of drug-likeness (QED) is 0.136. The summed E-state index contributed by atoms with van der Waals surface area (Å²) in [5.74, 6) is -1.97. The maximum Gasteiger partial charge on any atom is 0.249 e. The second-order valence-corrected chi connectivity index (χ2v) is 15.1. The molecule has 1 saturated heterocycles. The molecular formula is C37H63N7O7S. The summed E-state index contributed by atoms with van der Waals surface area (Å²) in [6.45, 7) is 10.2. The van der Waals surface area contributed by atoms with Gasteiger partial charge in [-0.05, 0) is 68.4 Å². The predicted molar refractivity (Wildman–Crippen MR) is 203 cm³/mol. The molecule has 5 N–H and O–H groups in total. The molecule has 5 amide bonds. The van der Waals surface area contributed by atoms with Gasteiger partial charge in [-0.2, -0.15) is 0 Å². The second kappa shape index (κ2) is 22.1. The van der Waals surface area contributed by atoms with E-state index in [-0.39, 0.29) is 73.0 Å². The molecule has 1 fully saturated rings. The number of nitrogens with zero attached hydrogens (tertiary/aromatic N) is 3. The lowest BCUT2D eigenvalue weighted by molar-refractivity contribution is -0.146. The highest BCUT2D eigenvalue weighted by Gasteiger charge is 2.42. The van der Waals surface area contributed by atoms with Crippen LogP contribution < -0.4 is 21.1 Å². The Morgan fingerprint density at radius 2 is 1.60 bits per heavy atom. The molecule has 1 aliphatic rings. The largest absolute Gasteiger partial charge is 0.379 e. The summed E-state index contributed by atoms with van der Waals surface area (Å²) in [7, 11) is 8.41. The highest BCUT2D eigenvalue weighted by molar-refractivity contribution is 7.98. The standard InChI is InChI=1S/C37H63N7O7S/c1-11-24(4)34(43(8)32(47)22-40-37(49)33(23(2)3)42(6)7)29(50-9)19-31(46)44-18-12-13-28(44)35(51-10)25(5)36(48)39-21-30(45)41-52-27-16-14-26(20-38)15-17-27/h14-17,23-25,28-29,33-35H,11-13,18-22,38H2,1-10H3,(H,39,48)(H,40,49)(H,41,45). The van der Waals surface area contributed by atoms with E-state index in [1.54, 1.807) is 23.8 Å². The zero-order chi connectivity index (χ0) is 39.1. The van der Waals surface area contributed by atoms with Crippen LogP contribution in [0.1, 0.15) is 65.9 Å². The molecule has 52 heavy (non-hydrogen) atoms. The Hall–Kier alpha value is -3.24. The molecule has 14 nitrogen and oxygen atoms in total. The third-order valence-electron chi connectivity index (χ3n) is 10.0. The van der Waals surface area contributed by atoms with E-state index < -0.39 is 24.2 Å². The molecule has 1 aromatic rings. The van der Waals surface area contributed by atoms with Gasteiger partial charge in [0.05, 0.1) is 55.8 Å². The fourth-order valence-electron chi connectivity index (χ4n) is 7.02. The number of nitrogens with two attached hydrogens (primary N) is 1. The highest BCUT2D eigenvalue weighted by atomic mass is 32.2. The number of nitrogens with one attached hydrogen (secondary N) is 3. The van der Waals surface area contributed by atoms with E-state index in [2.05, 4.69) is 15.4 Å². The first-order valence-electron chi connectivity index (χ1n) is 18.2. The van der Waals surface area contributed by atoms with Crippen molar-refractivity contribution >= 4 is 41.5 Å². The molecule has 1 heterocycles. The zero-order valence-corrected chi connectivity index (χ0v) is 33.6. The van der Waals surface area contributed by atoms with E-state index in [1.165, 1.54) is 14.2 Å². The van der Waals surface area contributed by atoms with Gasteiger partial charge in [-0.25, -0.2) is 0 Å². The Balaban J connectivity index is 2.06. The fourth-order valence-corrected chi connectivity index (χ4v) is 7.60. The molecule has 7 unspecified atom stereocenters. The lowest BCUT2D eigenvalue weighted by Crippen LogP contribution is -2.55. The van der Waals surface area contributed by atoms with Gasteiger partial charge in [0.15, 0.2) is 0 Å². The average molecular weight is 750 g/mol. The number of likely N-dealkylation sites (tertiary alicyclic amines) is 1. The molecule has 294 valence electrons. The Labute approximate surface area is 314 Å². The van der Waals surface area contributed by atoms with Crippen LogP contribution in [0.15, 0.2) is 29.2 Å². The van der Waals surface area contributed by atoms with Crippen LogP contribution in [0, 0.1) is 17.8 Å². The Morgan fingerprint density at radius 3 is 2.13 bits per heavy atom. The van der Waals surface area contributed by atoms with E-state index in [9.17, 15) is 24.0 Å². The van der Waals surface area contributed by atoms with Crippen LogP contribution in [-0.4, -0.2) is 130 Å². The summed E-state index contributed by atoms with van der Waals surface area (Å²) in [5, 5.41) is 5.50. The van der Waals surface area contributed by atoms with Gasteiger partial charge in [0, 0.05) is 39.3 Å². The Bertz CT molecular complexity index is 1310. The minimum Gasteiger partial charge on any atom is -0.379 e. The van der Waals surface area contributed by atoms with Gasteiger partial charge in [0.25, 0.3) is 0 Å². The number of amides is 5. The highest BCUT2D eigenvalue weighted by Crippen LogP contribution is 2.29. The summed E-state index contributed by atoms with van der Waals surface area (Å²) in [5.41, 5.74) is 6.62. The van der Waals surface area contributed by atoms with Crippen LogP contribution in [0.3, 0.4) is 0 Å². The SMILES string of the molecule is CCC(C)C(C(CC(=O)N1CCCC1C(OC)C(C)C(=O)NCC(=O)NSc1ccc(CN)cc1)OC)N(C)C(=O)CNC(=O)C(C(C)C)N(C)C. The monoisotopic (exact) mass is 749 g/mol. The van der Waals surface area contributed by atoms with Crippen molar-refractivity contribution in [2.75, 3.05) is 55.0 Å². The topological polar surface area (TPSA) is 176 Å². The molecule has 0 saturated carbocycles. The summed E-state index contributed by atoms with van der Waals surface area (Å²) in [6.07, 6.45) is 0.923. The van der Waals surface area contributed by atoms with Gasteiger partial charge >= 0.3 is 0 Å². The van der Waals surface area contributed by atoms with Gasteiger partial charge in [-0.1, -0.05) is 53.2 Å². The summed E-state index contributed by atoms with van der Waals surface area (Å²) >= 11 is 1.15. The number of likely N-dealkylation sites (N-methyl/N-ethyl adjacent to an activating group) is 2. The maximum absolute atomic E-state index is 14.0. The summed E-state index contributed by atoms with van der Waals surface area (Å²) < 4.78 is 14.5. The van der Waals surface area contributed by atoms with Crippen molar-refractivity contribution in [2.45, 2.75) is 102 Å². The van der Waals surface area contributed by atoms with Gasteiger partial charge in [-0.15, -0.1) is 0 Å². The average Bonchev–Trinajstić information content (AvgIpc) is 3.61. The van der Waals surface area contributed by atoms with Crippen molar-refractivity contribution < 1.29 is 33.4 Å². The molecular weight excluding hydrogens is 687 g/mol. The van der Waals surface area contributed by atoms with Gasteiger partial charge < -0.3 is 35.6 Å². The summed E-state index contributed by atoms with van der Waals surface area (Å²) in [6, 6.07) is 6.32. The maximum atomic E-state index is 14.0. The predicted octanol–water partition coefficient (Wildman–Crippen LogP) is 2.01. The third-order valence-corrected chi connectivity index (χ3v) is 10.9. The summed E-state index contributed by atoms with van der Waals surface area (Å²) in [4.78, 5) is 72.0. The van der Waals surface area contributed by atoms with Crippen molar-refractivity contribution in [3.8, 4) is 0 Å². The number of carbonyl (C=O) groups excluding carboxylic acids is 5. The third kappa shape index (κ3) is 12.7. The van der Waals surface area contributed by atoms with Crippen LogP contribution in [-0.2, 0) is 40.0 Å². The first kappa shape index (κ1) is 44.9. The van der Waals surface area contributed by atoms with Crippen LogP contribution in [0.2, 0.25) is 0 Å². The molecule has 0 radical (unpaired) electrons. The van der Waals surface area contributed by atoms with E-state index in [0.717, 1.165) is 35.2 Å². The molecule has 1 aromatic carbocycles. The first-order valence-corrected chi connectivity index (χ1v) is 19.0. The van der Waals surface area contributed by atoms with Crippen molar-refractivity contribution in [3.05, 3.63) is 29.8 Å². The number of hydrogen-bond donors (Lipinski definition) is 4. The van der Waals surface area contributed by atoms with E-state index in [0.29, 0.717) is 19.5 Å². The number of carbonyl (C=O) groups is 5. The zero-order valence-electron chi connectivity index (χ0n) is 32.8. The van der Waals surface area contributed by atoms with Gasteiger partial charge in [0.2, 0.25) is 29.5 Å². The number of hydrogen-bond acceptors (Lipinski definition) is 10. The molecule has 15 heteroatoms. The van der Waals surface area contributed by atoms with Gasteiger partial charge in [0.1, 0.15) is 0 Å². The van der Waals surface area contributed by atoms with Crippen LogP contribution in [0.5, 0.6) is 0 Å². The van der Waals surface area contributed by atoms with Crippen LogP contribution in [0.4, 0.5) is 0 Å². The number of rotatable bonds is 21. The first-order chi connectivity index (χ1) is 24.6. The second-order valence-electron chi connectivity index (χ2n) is 14.2. The number of methoxy groups -OCH3 is 2. The molecule has 1 aliphatic heterocycles. The van der Waals surface area contributed by atoms with Crippen LogP contribution >= 0.6 is 11.9 Å². The van der Waals surface area contributed by atoms with Crippen molar-refractivity contribution in [2.24, 2.45) is 23.5 Å². The molecule has 0 spiro atoms. The minimum absolute atomic E-state index is 0.00952.